The van der Waals surface area contributed by atoms with Gasteiger partial charge in [-0.2, -0.15) is 0 Å². The second kappa shape index (κ2) is 4.87. The number of aliphatic hydroxyl groups is 1. The topological polar surface area (TPSA) is 20.2 Å². The van der Waals surface area contributed by atoms with Crippen LogP contribution in [0.15, 0.2) is 22.1 Å². The second-order valence-corrected chi connectivity index (χ2v) is 4.22. The van der Waals surface area contributed by atoms with Gasteiger partial charge in [-0.1, -0.05) is 23.7 Å². The lowest BCUT2D eigenvalue weighted by molar-refractivity contribution is 0.280. The largest absolute Gasteiger partial charge is 0.392 e. The number of hydrogen-bond donors (Lipinski definition) is 2. The van der Waals surface area contributed by atoms with Crippen LogP contribution >= 0.6 is 24.2 Å². The minimum absolute atomic E-state index is 0.0449. The van der Waals surface area contributed by atoms with Crippen LogP contribution in [0.2, 0.25) is 0 Å². The zero-order chi connectivity index (χ0) is 10.7. The van der Waals surface area contributed by atoms with Crippen LogP contribution in [-0.4, -0.2) is 5.11 Å². The van der Waals surface area contributed by atoms with E-state index in [-0.39, 0.29) is 6.61 Å². The molecule has 76 valence electrons. The summed E-state index contributed by atoms with van der Waals surface area (Å²) >= 11 is 10.2. The number of hydrogen-bond acceptors (Lipinski definition) is 2. The number of thiol groups is 1. The van der Waals surface area contributed by atoms with Crippen molar-refractivity contribution < 1.29 is 5.11 Å². The number of halogens is 1. The SMILES string of the molecule is C/C(Cl)=C\c1ccc(CO)c(C)c1S. The number of aliphatic hydroxyl groups excluding tert-OH is 1. The van der Waals surface area contributed by atoms with Crippen molar-refractivity contribution in [3.63, 3.8) is 0 Å². The van der Waals surface area contributed by atoms with Crippen molar-refractivity contribution in [2.75, 3.05) is 0 Å². The lowest BCUT2D eigenvalue weighted by atomic mass is 10.1. The van der Waals surface area contributed by atoms with Crippen molar-refractivity contribution in [3.05, 3.63) is 33.9 Å². The first-order valence-electron chi connectivity index (χ1n) is 4.32. The lowest BCUT2D eigenvalue weighted by Crippen LogP contribution is -1.92. The summed E-state index contributed by atoms with van der Waals surface area (Å²) in [5.74, 6) is 0. The van der Waals surface area contributed by atoms with E-state index in [4.69, 9.17) is 16.7 Å². The van der Waals surface area contributed by atoms with Gasteiger partial charge in [-0.25, -0.2) is 0 Å². The summed E-state index contributed by atoms with van der Waals surface area (Å²) in [4.78, 5) is 0.872. The molecule has 0 aliphatic heterocycles. The van der Waals surface area contributed by atoms with Crippen LogP contribution in [0.4, 0.5) is 0 Å². The van der Waals surface area contributed by atoms with Gasteiger partial charge in [-0.15, -0.1) is 12.6 Å². The third-order valence-corrected chi connectivity index (χ3v) is 2.80. The Morgan fingerprint density at radius 1 is 1.57 bits per heavy atom. The normalized spacial score (nSPS) is 11.9. The molecule has 1 aromatic carbocycles. The Balaban J connectivity index is 3.24. The van der Waals surface area contributed by atoms with Gasteiger partial charge in [0.1, 0.15) is 0 Å². The standard InChI is InChI=1S/C11H13ClOS/c1-7(12)5-9-3-4-10(6-13)8(2)11(9)14/h3-5,13-14H,6H2,1-2H3/b7-5+. The van der Waals surface area contributed by atoms with E-state index in [0.29, 0.717) is 0 Å². The third-order valence-electron chi connectivity index (χ3n) is 2.10. The Labute approximate surface area is 94.8 Å². The van der Waals surface area contributed by atoms with Crippen molar-refractivity contribution in [2.24, 2.45) is 0 Å². The molecule has 0 atom stereocenters. The number of rotatable bonds is 2. The van der Waals surface area contributed by atoms with Gasteiger partial charge in [0.2, 0.25) is 0 Å². The fourth-order valence-corrected chi connectivity index (χ4v) is 1.67. The fourth-order valence-electron chi connectivity index (χ4n) is 1.26. The smallest absolute Gasteiger partial charge is 0.0684 e. The van der Waals surface area contributed by atoms with Gasteiger partial charge in [0, 0.05) is 9.93 Å². The van der Waals surface area contributed by atoms with Gasteiger partial charge in [-0.05, 0) is 36.6 Å². The third kappa shape index (κ3) is 2.53. The molecule has 3 heteroatoms. The van der Waals surface area contributed by atoms with Gasteiger partial charge >= 0.3 is 0 Å². The van der Waals surface area contributed by atoms with E-state index in [1.807, 2.05) is 32.1 Å². The molecule has 0 unspecified atom stereocenters. The van der Waals surface area contributed by atoms with E-state index < -0.39 is 0 Å². The molecule has 0 saturated heterocycles. The summed E-state index contributed by atoms with van der Waals surface area (Å²) in [5.41, 5.74) is 2.89. The molecule has 0 aliphatic carbocycles. The molecule has 0 spiro atoms. The van der Waals surface area contributed by atoms with E-state index in [1.165, 1.54) is 0 Å². The van der Waals surface area contributed by atoms with Crippen molar-refractivity contribution in [1.29, 1.82) is 0 Å². The Morgan fingerprint density at radius 3 is 2.71 bits per heavy atom. The van der Waals surface area contributed by atoms with Gasteiger partial charge in [0.25, 0.3) is 0 Å². The van der Waals surface area contributed by atoms with Crippen molar-refractivity contribution in [1.82, 2.24) is 0 Å². The number of benzene rings is 1. The Hall–Kier alpha value is -0.440. The first kappa shape index (κ1) is 11.6. The molecule has 0 amide bonds. The first-order valence-corrected chi connectivity index (χ1v) is 5.15. The molecule has 1 rings (SSSR count). The highest BCUT2D eigenvalue weighted by Crippen LogP contribution is 2.24. The molecule has 0 aliphatic rings. The summed E-state index contributed by atoms with van der Waals surface area (Å²) in [5, 5.41) is 9.76. The van der Waals surface area contributed by atoms with Crippen LogP contribution in [0, 0.1) is 6.92 Å². The molecule has 1 aromatic rings. The molecule has 0 aromatic heterocycles. The van der Waals surface area contributed by atoms with E-state index in [1.54, 1.807) is 0 Å². The quantitative estimate of drug-likeness (QED) is 0.744. The molecule has 0 heterocycles. The highest BCUT2D eigenvalue weighted by molar-refractivity contribution is 7.80. The second-order valence-electron chi connectivity index (χ2n) is 3.18. The molecule has 1 N–H and O–H groups in total. The predicted molar refractivity (Wildman–Crippen MR) is 63.9 cm³/mol. The minimum atomic E-state index is 0.0449. The van der Waals surface area contributed by atoms with E-state index >= 15 is 0 Å². The van der Waals surface area contributed by atoms with Crippen LogP contribution in [-0.2, 0) is 6.61 Å². The predicted octanol–water partition coefficient (Wildman–Crippen LogP) is 3.38. The molecule has 1 nitrogen and oxygen atoms in total. The maximum atomic E-state index is 9.04. The molecular formula is C11H13ClOS. The van der Waals surface area contributed by atoms with E-state index in [2.05, 4.69) is 12.6 Å². The maximum Gasteiger partial charge on any atom is 0.0684 e. The summed E-state index contributed by atoms with van der Waals surface area (Å²) in [6, 6.07) is 3.80. The number of allylic oxidation sites excluding steroid dienone is 1. The van der Waals surface area contributed by atoms with Gasteiger partial charge < -0.3 is 5.11 Å². The lowest BCUT2D eigenvalue weighted by Gasteiger charge is -2.08. The summed E-state index contributed by atoms with van der Waals surface area (Å²) in [6.07, 6.45) is 1.86. The Bertz CT molecular complexity index is 368. The van der Waals surface area contributed by atoms with Crippen molar-refractivity contribution in [2.45, 2.75) is 25.3 Å². The van der Waals surface area contributed by atoms with Gasteiger partial charge in [0.15, 0.2) is 0 Å². The zero-order valence-electron chi connectivity index (χ0n) is 8.21. The molecular weight excluding hydrogens is 216 g/mol. The van der Waals surface area contributed by atoms with Crippen LogP contribution < -0.4 is 0 Å². The van der Waals surface area contributed by atoms with Crippen molar-refractivity contribution >= 4 is 30.3 Å². The zero-order valence-corrected chi connectivity index (χ0v) is 9.86. The summed E-state index contributed by atoms with van der Waals surface area (Å²) in [7, 11) is 0. The van der Waals surface area contributed by atoms with Crippen LogP contribution in [0.1, 0.15) is 23.6 Å². The monoisotopic (exact) mass is 228 g/mol. The highest BCUT2D eigenvalue weighted by atomic mass is 35.5. The average molecular weight is 229 g/mol. The minimum Gasteiger partial charge on any atom is -0.392 e. The van der Waals surface area contributed by atoms with Crippen LogP contribution in [0.3, 0.4) is 0 Å². The van der Waals surface area contributed by atoms with Crippen LogP contribution in [0.5, 0.6) is 0 Å². The summed E-state index contributed by atoms with van der Waals surface area (Å²) < 4.78 is 0. The van der Waals surface area contributed by atoms with Gasteiger partial charge in [-0.3, -0.25) is 0 Å². The van der Waals surface area contributed by atoms with Crippen LogP contribution in [0.25, 0.3) is 6.08 Å². The van der Waals surface area contributed by atoms with E-state index in [0.717, 1.165) is 26.6 Å². The highest BCUT2D eigenvalue weighted by Gasteiger charge is 2.04. The fraction of sp³-hybridized carbons (Fsp3) is 0.273. The first-order chi connectivity index (χ1) is 6.56. The Morgan fingerprint density at radius 2 is 2.21 bits per heavy atom. The van der Waals surface area contributed by atoms with Crippen molar-refractivity contribution in [3.8, 4) is 0 Å². The summed E-state index contributed by atoms with van der Waals surface area (Å²) in [6.45, 7) is 3.81. The van der Waals surface area contributed by atoms with Gasteiger partial charge in [0.05, 0.1) is 6.61 Å². The molecule has 0 radical (unpaired) electrons. The molecule has 0 fully saturated rings. The van der Waals surface area contributed by atoms with E-state index in [9.17, 15) is 0 Å². The molecule has 14 heavy (non-hydrogen) atoms. The Kier molecular flexibility index (Phi) is 4.05. The molecule has 0 saturated carbocycles. The molecule has 0 bridgehead atoms. The maximum absolute atomic E-state index is 9.04. The average Bonchev–Trinajstić information content (AvgIpc) is 2.13.